The lowest BCUT2D eigenvalue weighted by molar-refractivity contribution is 0.346. The van der Waals surface area contributed by atoms with Crippen LogP contribution in [0.5, 0.6) is 5.75 Å². The molecule has 0 spiro atoms. The van der Waals surface area contributed by atoms with Crippen molar-refractivity contribution in [3.8, 4) is 5.75 Å². The van der Waals surface area contributed by atoms with Crippen LogP contribution in [0.1, 0.15) is 18.9 Å². The molecule has 0 saturated carbocycles. The van der Waals surface area contributed by atoms with Gasteiger partial charge in [-0.2, -0.15) is 0 Å². The van der Waals surface area contributed by atoms with E-state index in [-0.39, 0.29) is 0 Å². The van der Waals surface area contributed by atoms with Gasteiger partial charge in [0.15, 0.2) is 11.1 Å². The molecule has 1 unspecified atom stereocenters. The van der Waals surface area contributed by atoms with E-state index in [9.17, 15) is 4.21 Å². The molecule has 1 aromatic carbocycles. The summed E-state index contributed by atoms with van der Waals surface area (Å²) in [5.74, 6) is 1.24. The molecule has 0 aliphatic carbocycles. The minimum absolute atomic E-state index is 0.435. The Morgan fingerprint density at radius 3 is 2.47 bits per heavy atom. The molecule has 3 nitrogen and oxygen atoms in total. The smallest absolute Gasteiger partial charge is 0.159 e. The first-order valence-corrected chi connectivity index (χ1v) is 6.15. The second-order valence-corrected chi connectivity index (χ2v) is 4.25. The van der Waals surface area contributed by atoms with Crippen molar-refractivity contribution >= 4 is 11.1 Å². The molecular weight excluding hydrogens is 212 g/mol. The summed E-state index contributed by atoms with van der Waals surface area (Å²) in [6.07, 6.45) is 0.883. The number of ether oxygens (including phenoxy) is 1. The van der Waals surface area contributed by atoms with E-state index in [1.54, 1.807) is 7.11 Å². The highest BCUT2D eigenvalue weighted by Gasteiger charge is 2.02. The highest BCUT2D eigenvalue weighted by Crippen LogP contribution is 2.12. The van der Waals surface area contributed by atoms with Crippen LogP contribution in [-0.2, 0) is 21.0 Å². The van der Waals surface area contributed by atoms with E-state index in [0.717, 1.165) is 17.7 Å². The van der Waals surface area contributed by atoms with Gasteiger partial charge >= 0.3 is 0 Å². The zero-order valence-corrected chi connectivity index (χ0v) is 9.88. The molecular formula is C11H16O3S. The third-order valence-electron chi connectivity index (χ3n) is 1.86. The van der Waals surface area contributed by atoms with Gasteiger partial charge < -0.3 is 4.74 Å². The molecule has 0 aliphatic heterocycles. The van der Waals surface area contributed by atoms with Gasteiger partial charge in [0.2, 0.25) is 0 Å². The van der Waals surface area contributed by atoms with E-state index in [1.807, 2.05) is 31.2 Å². The van der Waals surface area contributed by atoms with Gasteiger partial charge in [-0.05, 0) is 24.1 Å². The molecule has 1 atom stereocenters. The fourth-order valence-electron chi connectivity index (χ4n) is 1.08. The predicted molar refractivity (Wildman–Crippen MR) is 61.1 cm³/mol. The van der Waals surface area contributed by atoms with Crippen molar-refractivity contribution in [2.75, 3.05) is 13.7 Å². The Bertz CT molecular complexity index is 308. The molecule has 1 aromatic rings. The summed E-state index contributed by atoms with van der Waals surface area (Å²) in [7, 11) is 1.62. The number of hydrogen-bond donors (Lipinski definition) is 0. The number of rotatable bonds is 6. The summed E-state index contributed by atoms with van der Waals surface area (Å²) in [6, 6.07) is 7.50. The molecule has 0 bridgehead atoms. The minimum Gasteiger partial charge on any atom is -0.497 e. The van der Waals surface area contributed by atoms with Crippen molar-refractivity contribution in [1.29, 1.82) is 0 Å². The Labute approximate surface area is 93.1 Å². The first-order valence-electron chi connectivity index (χ1n) is 4.91. The Hall–Kier alpha value is -0.870. The van der Waals surface area contributed by atoms with Gasteiger partial charge in [-0.15, -0.1) is 0 Å². The van der Waals surface area contributed by atoms with Crippen molar-refractivity contribution < 1.29 is 13.1 Å². The summed E-state index contributed by atoms with van der Waals surface area (Å²) in [5.41, 5.74) is 0.991. The third-order valence-corrected chi connectivity index (χ3v) is 2.86. The third kappa shape index (κ3) is 4.44. The largest absolute Gasteiger partial charge is 0.497 e. The molecule has 0 saturated heterocycles. The van der Waals surface area contributed by atoms with Crippen LogP contribution in [0.25, 0.3) is 0 Å². The quantitative estimate of drug-likeness (QED) is 0.749. The first-order chi connectivity index (χ1) is 7.26. The van der Waals surface area contributed by atoms with E-state index < -0.39 is 11.1 Å². The summed E-state index contributed by atoms with van der Waals surface area (Å²) in [6.45, 7) is 2.54. The molecule has 0 heterocycles. The van der Waals surface area contributed by atoms with Crippen LogP contribution in [-0.4, -0.2) is 17.9 Å². The maximum atomic E-state index is 11.4. The van der Waals surface area contributed by atoms with Gasteiger partial charge in [0, 0.05) is 0 Å². The summed E-state index contributed by atoms with van der Waals surface area (Å²) >= 11 is -1.22. The van der Waals surface area contributed by atoms with Crippen LogP contribution in [0.4, 0.5) is 0 Å². The van der Waals surface area contributed by atoms with Crippen molar-refractivity contribution in [1.82, 2.24) is 0 Å². The van der Waals surface area contributed by atoms with E-state index >= 15 is 0 Å². The van der Waals surface area contributed by atoms with Crippen LogP contribution in [0.2, 0.25) is 0 Å². The topological polar surface area (TPSA) is 35.5 Å². The van der Waals surface area contributed by atoms with Crippen LogP contribution in [0, 0.1) is 0 Å². The zero-order valence-electron chi connectivity index (χ0n) is 9.06. The molecule has 0 aromatic heterocycles. The first kappa shape index (κ1) is 12.2. The van der Waals surface area contributed by atoms with Crippen LogP contribution in [0.15, 0.2) is 24.3 Å². The Balaban J connectivity index is 2.46. The maximum Gasteiger partial charge on any atom is 0.159 e. The maximum absolute atomic E-state index is 11.4. The molecule has 0 fully saturated rings. The number of benzene rings is 1. The van der Waals surface area contributed by atoms with E-state index in [2.05, 4.69) is 0 Å². The van der Waals surface area contributed by atoms with Gasteiger partial charge in [0.1, 0.15) is 5.75 Å². The normalized spacial score (nSPS) is 12.4. The minimum atomic E-state index is -1.22. The highest BCUT2D eigenvalue weighted by molar-refractivity contribution is 7.79. The molecule has 0 N–H and O–H groups in total. The van der Waals surface area contributed by atoms with Gasteiger partial charge in [0.05, 0.1) is 19.5 Å². The van der Waals surface area contributed by atoms with Crippen molar-refractivity contribution in [3.05, 3.63) is 29.8 Å². The van der Waals surface area contributed by atoms with Gasteiger partial charge in [-0.1, -0.05) is 19.1 Å². The van der Waals surface area contributed by atoms with Crippen LogP contribution >= 0.6 is 0 Å². The van der Waals surface area contributed by atoms with Crippen molar-refractivity contribution in [2.45, 2.75) is 19.1 Å². The SMILES string of the molecule is CCCOS(=O)Cc1ccc(OC)cc1. The predicted octanol–water partition coefficient (Wildman–Crippen LogP) is 2.29. The average molecular weight is 228 g/mol. The highest BCUT2D eigenvalue weighted by atomic mass is 32.2. The fraction of sp³-hybridized carbons (Fsp3) is 0.455. The Morgan fingerprint density at radius 2 is 1.93 bits per heavy atom. The van der Waals surface area contributed by atoms with Gasteiger partial charge in [-0.3, -0.25) is 4.18 Å². The molecule has 0 aliphatic rings. The van der Waals surface area contributed by atoms with Crippen LogP contribution in [0.3, 0.4) is 0 Å². The zero-order chi connectivity index (χ0) is 11.1. The van der Waals surface area contributed by atoms with E-state index in [1.165, 1.54) is 0 Å². The van der Waals surface area contributed by atoms with E-state index in [4.69, 9.17) is 8.92 Å². The van der Waals surface area contributed by atoms with E-state index in [0.29, 0.717) is 12.4 Å². The lowest BCUT2D eigenvalue weighted by Crippen LogP contribution is -2.01. The lowest BCUT2D eigenvalue weighted by Gasteiger charge is -2.03. The average Bonchev–Trinajstić information content (AvgIpc) is 2.27. The second kappa shape index (κ2) is 6.58. The monoisotopic (exact) mass is 228 g/mol. The number of hydrogen-bond acceptors (Lipinski definition) is 3. The van der Waals surface area contributed by atoms with Gasteiger partial charge in [-0.25, -0.2) is 4.21 Å². The van der Waals surface area contributed by atoms with Crippen LogP contribution < -0.4 is 4.74 Å². The fourth-order valence-corrected chi connectivity index (χ4v) is 1.98. The molecule has 4 heteroatoms. The summed E-state index contributed by atoms with van der Waals surface area (Å²) < 4.78 is 21.5. The van der Waals surface area contributed by atoms with Gasteiger partial charge in [0.25, 0.3) is 0 Å². The molecule has 1 rings (SSSR count). The summed E-state index contributed by atoms with van der Waals surface area (Å²) in [4.78, 5) is 0. The molecule has 15 heavy (non-hydrogen) atoms. The second-order valence-electron chi connectivity index (χ2n) is 3.12. The number of methoxy groups -OCH3 is 1. The van der Waals surface area contributed by atoms with Crippen molar-refractivity contribution in [2.24, 2.45) is 0 Å². The van der Waals surface area contributed by atoms with Crippen molar-refractivity contribution in [3.63, 3.8) is 0 Å². The standard InChI is InChI=1S/C11H16O3S/c1-3-8-14-15(12)9-10-4-6-11(13-2)7-5-10/h4-7H,3,8-9H2,1-2H3. The molecule has 0 radical (unpaired) electrons. The molecule has 84 valence electrons. The summed E-state index contributed by atoms with van der Waals surface area (Å²) in [5, 5.41) is 0. The Kier molecular flexibility index (Phi) is 5.36. The lowest BCUT2D eigenvalue weighted by atomic mass is 10.2. The molecule has 0 amide bonds. The Morgan fingerprint density at radius 1 is 1.27 bits per heavy atom.